The van der Waals surface area contributed by atoms with Crippen LogP contribution in [0.2, 0.25) is 0 Å². The van der Waals surface area contributed by atoms with Gasteiger partial charge in [-0.15, -0.1) is 0 Å². The van der Waals surface area contributed by atoms with Gasteiger partial charge in [0.15, 0.2) is 11.5 Å². The van der Waals surface area contributed by atoms with Gasteiger partial charge in [-0.2, -0.15) is 0 Å². The Kier molecular flexibility index (Phi) is 6.97. The predicted octanol–water partition coefficient (Wildman–Crippen LogP) is 5.87. The fraction of sp³-hybridized carbons (Fsp3) is 0.321. The third kappa shape index (κ3) is 5.06. The standard InChI is InChI=1S/C28H28O4/c1-30-26-17-16-22(18-27(26)32-24-11-4-5-12-24)23(19-28(29)31-2)15-14-21-10-7-9-20-8-3-6-13-25(20)21/h3,6-10,13,16-18,23-24H,4-5,11-12,19H2,1-2H3. The van der Waals surface area contributed by atoms with E-state index in [1.54, 1.807) is 7.11 Å². The molecular weight excluding hydrogens is 400 g/mol. The van der Waals surface area contributed by atoms with Crippen molar-refractivity contribution in [2.45, 2.75) is 44.1 Å². The van der Waals surface area contributed by atoms with E-state index in [0.717, 1.165) is 34.7 Å². The van der Waals surface area contributed by atoms with Gasteiger partial charge in [-0.25, -0.2) is 0 Å². The van der Waals surface area contributed by atoms with E-state index in [1.165, 1.54) is 20.0 Å². The normalized spacial score (nSPS) is 14.4. The summed E-state index contributed by atoms with van der Waals surface area (Å²) < 4.78 is 16.7. The number of methoxy groups -OCH3 is 2. The van der Waals surface area contributed by atoms with Crippen molar-refractivity contribution in [1.82, 2.24) is 0 Å². The van der Waals surface area contributed by atoms with Gasteiger partial charge in [0.2, 0.25) is 0 Å². The number of ether oxygens (including phenoxy) is 3. The number of hydrogen-bond donors (Lipinski definition) is 0. The molecule has 0 aliphatic heterocycles. The third-order valence-corrected chi connectivity index (χ3v) is 5.96. The molecule has 4 heteroatoms. The Morgan fingerprint density at radius 1 is 1.00 bits per heavy atom. The Morgan fingerprint density at radius 3 is 2.56 bits per heavy atom. The van der Waals surface area contributed by atoms with E-state index in [2.05, 4.69) is 30.0 Å². The smallest absolute Gasteiger partial charge is 0.307 e. The van der Waals surface area contributed by atoms with Crippen LogP contribution in [0.25, 0.3) is 10.8 Å². The quantitative estimate of drug-likeness (QED) is 0.364. The van der Waals surface area contributed by atoms with Crippen LogP contribution >= 0.6 is 0 Å². The molecule has 3 aromatic rings. The van der Waals surface area contributed by atoms with E-state index in [-0.39, 0.29) is 24.4 Å². The van der Waals surface area contributed by atoms with Gasteiger partial charge in [-0.1, -0.05) is 54.3 Å². The second-order valence-corrected chi connectivity index (χ2v) is 8.06. The number of esters is 1. The highest BCUT2D eigenvalue weighted by molar-refractivity contribution is 5.88. The minimum atomic E-state index is -0.321. The van der Waals surface area contributed by atoms with Crippen LogP contribution in [0, 0.1) is 11.8 Å². The van der Waals surface area contributed by atoms with Crippen LogP contribution in [-0.4, -0.2) is 26.3 Å². The molecule has 0 amide bonds. The SMILES string of the molecule is COC(=O)CC(C#Cc1cccc2ccccc12)c1ccc(OC)c(OC2CCCC2)c1. The zero-order chi connectivity index (χ0) is 22.3. The first-order chi connectivity index (χ1) is 15.7. The predicted molar refractivity (Wildman–Crippen MR) is 126 cm³/mol. The maximum atomic E-state index is 12.2. The van der Waals surface area contributed by atoms with E-state index in [9.17, 15) is 4.79 Å². The van der Waals surface area contributed by atoms with Crippen LogP contribution in [0.1, 0.15) is 49.1 Å². The molecule has 164 valence electrons. The van der Waals surface area contributed by atoms with Crippen molar-refractivity contribution in [3.8, 4) is 23.3 Å². The molecular formula is C28H28O4. The summed E-state index contributed by atoms with van der Waals surface area (Å²) in [5, 5.41) is 2.24. The number of fused-ring (bicyclic) bond motifs is 1. The molecule has 0 saturated heterocycles. The first kappa shape index (κ1) is 21.8. The van der Waals surface area contributed by atoms with E-state index in [1.807, 2.05) is 42.5 Å². The maximum Gasteiger partial charge on any atom is 0.307 e. The van der Waals surface area contributed by atoms with Crippen molar-refractivity contribution >= 4 is 16.7 Å². The molecule has 0 N–H and O–H groups in total. The first-order valence-electron chi connectivity index (χ1n) is 11.1. The highest BCUT2D eigenvalue weighted by Gasteiger charge is 2.21. The second-order valence-electron chi connectivity index (χ2n) is 8.06. The molecule has 0 bridgehead atoms. The van der Waals surface area contributed by atoms with Crippen molar-refractivity contribution in [3.05, 3.63) is 71.8 Å². The van der Waals surface area contributed by atoms with Crippen LogP contribution in [0.4, 0.5) is 0 Å². The third-order valence-electron chi connectivity index (χ3n) is 5.96. The largest absolute Gasteiger partial charge is 0.493 e. The Hall–Kier alpha value is -3.45. The zero-order valence-corrected chi connectivity index (χ0v) is 18.6. The van der Waals surface area contributed by atoms with Crippen molar-refractivity contribution in [3.63, 3.8) is 0 Å². The Bertz CT molecular complexity index is 1140. The summed E-state index contributed by atoms with van der Waals surface area (Å²) in [6.45, 7) is 0. The van der Waals surface area contributed by atoms with Crippen LogP contribution in [0.3, 0.4) is 0 Å². The lowest BCUT2D eigenvalue weighted by Gasteiger charge is -2.18. The van der Waals surface area contributed by atoms with Crippen LogP contribution < -0.4 is 9.47 Å². The molecule has 1 fully saturated rings. The summed E-state index contributed by atoms with van der Waals surface area (Å²) in [6, 6.07) is 20.0. The molecule has 1 unspecified atom stereocenters. The van der Waals surface area contributed by atoms with Crippen molar-refractivity contribution < 1.29 is 19.0 Å². The number of carbonyl (C=O) groups is 1. The molecule has 0 aromatic heterocycles. The van der Waals surface area contributed by atoms with Crippen LogP contribution in [0.15, 0.2) is 60.7 Å². The van der Waals surface area contributed by atoms with Crippen LogP contribution in [0.5, 0.6) is 11.5 Å². The molecule has 0 heterocycles. The van der Waals surface area contributed by atoms with Gasteiger partial charge in [-0.3, -0.25) is 4.79 Å². The monoisotopic (exact) mass is 428 g/mol. The van der Waals surface area contributed by atoms with E-state index < -0.39 is 0 Å². The molecule has 1 aliphatic carbocycles. The van der Waals surface area contributed by atoms with Gasteiger partial charge < -0.3 is 14.2 Å². The first-order valence-corrected chi connectivity index (χ1v) is 11.1. The van der Waals surface area contributed by atoms with Gasteiger partial charge in [-0.05, 0) is 60.2 Å². The molecule has 1 aliphatic rings. The molecule has 3 aromatic carbocycles. The number of carbonyl (C=O) groups excluding carboxylic acids is 1. The van der Waals surface area contributed by atoms with Crippen LogP contribution in [-0.2, 0) is 9.53 Å². The minimum Gasteiger partial charge on any atom is -0.493 e. The van der Waals surface area contributed by atoms with Gasteiger partial charge in [0.1, 0.15) is 0 Å². The molecule has 4 rings (SSSR count). The Balaban J connectivity index is 1.69. The number of rotatable bonds is 6. The molecule has 1 atom stereocenters. The second kappa shape index (κ2) is 10.2. The lowest BCUT2D eigenvalue weighted by atomic mass is 9.95. The minimum absolute atomic E-state index is 0.170. The lowest BCUT2D eigenvalue weighted by molar-refractivity contribution is -0.140. The molecule has 32 heavy (non-hydrogen) atoms. The number of benzene rings is 3. The van der Waals surface area contributed by atoms with Gasteiger partial charge in [0.25, 0.3) is 0 Å². The van der Waals surface area contributed by atoms with E-state index in [4.69, 9.17) is 14.2 Å². The van der Waals surface area contributed by atoms with Gasteiger partial charge >= 0.3 is 5.97 Å². The molecule has 4 nitrogen and oxygen atoms in total. The maximum absolute atomic E-state index is 12.2. The van der Waals surface area contributed by atoms with Crippen molar-refractivity contribution in [2.75, 3.05) is 14.2 Å². The Morgan fingerprint density at radius 2 is 1.78 bits per heavy atom. The fourth-order valence-corrected chi connectivity index (χ4v) is 4.19. The summed E-state index contributed by atoms with van der Waals surface area (Å²) in [5.41, 5.74) is 1.85. The van der Waals surface area contributed by atoms with Crippen molar-refractivity contribution in [1.29, 1.82) is 0 Å². The molecule has 1 saturated carbocycles. The average molecular weight is 429 g/mol. The summed E-state index contributed by atoms with van der Waals surface area (Å²) in [6.07, 6.45) is 4.87. The van der Waals surface area contributed by atoms with E-state index >= 15 is 0 Å². The lowest BCUT2D eigenvalue weighted by Crippen LogP contribution is -2.12. The van der Waals surface area contributed by atoms with Gasteiger partial charge in [0.05, 0.1) is 32.7 Å². The van der Waals surface area contributed by atoms with E-state index in [0.29, 0.717) is 11.5 Å². The summed E-state index contributed by atoms with van der Waals surface area (Å²) in [4.78, 5) is 12.2. The molecule has 0 spiro atoms. The Labute approximate surface area is 189 Å². The zero-order valence-electron chi connectivity index (χ0n) is 18.6. The topological polar surface area (TPSA) is 44.8 Å². The average Bonchev–Trinajstić information content (AvgIpc) is 3.34. The molecule has 0 radical (unpaired) electrons. The van der Waals surface area contributed by atoms with Gasteiger partial charge in [0, 0.05) is 5.56 Å². The highest BCUT2D eigenvalue weighted by atomic mass is 16.5. The fourth-order valence-electron chi connectivity index (χ4n) is 4.19. The summed E-state index contributed by atoms with van der Waals surface area (Å²) in [7, 11) is 3.04. The highest BCUT2D eigenvalue weighted by Crippen LogP contribution is 2.35. The summed E-state index contributed by atoms with van der Waals surface area (Å²) >= 11 is 0. The summed E-state index contributed by atoms with van der Waals surface area (Å²) in [5.74, 6) is 7.41. The number of hydrogen-bond acceptors (Lipinski definition) is 4. The van der Waals surface area contributed by atoms with Crippen molar-refractivity contribution in [2.24, 2.45) is 0 Å².